The van der Waals surface area contributed by atoms with Crippen LogP contribution in [0.15, 0.2) is 0 Å². The number of nitrogens with zero attached hydrogens (tertiary/aromatic N) is 1. The molecule has 0 spiro atoms. The monoisotopic (exact) mass is 338 g/mol. The maximum atomic E-state index is 12.1. The van der Waals surface area contributed by atoms with Gasteiger partial charge < -0.3 is 0 Å². The fraction of sp³-hybridized carbons (Fsp3) is 1.00. The summed E-state index contributed by atoms with van der Waals surface area (Å²) >= 11 is 3.55. The molecule has 6 heteroatoms. The number of hydrogen-bond donors (Lipinski definition) is 1. The molecule has 18 heavy (non-hydrogen) atoms. The van der Waals surface area contributed by atoms with Gasteiger partial charge >= 0.3 is 0 Å². The van der Waals surface area contributed by atoms with Crippen LogP contribution in [0.2, 0.25) is 0 Å². The summed E-state index contributed by atoms with van der Waals surface area (Å²) < 4.78 is 28.5. The smallest absolute Gasteiger partial charge is 0.202 e. The Balaban J connectivity index is 1.85. The highest BCUT2D eigenvalue weighted by Crippen LogP contribution is 2.31. The Morgan fingerprint density at radius 3 is 2.28 bits per heavy atom. The van der Waals surface area contributed by atoms with E-state index >= 15 is 0 Å². The number of alkyl halides is 1. The first-order valence-electron chi connectivity index (χ1n) is 6.94. The molecule has 0 aromatic rings. The molecule has 2 rings (SSSR count). The molecular weight excluding hydrogens is 316 g/mol. The van der Waals surface area contributed by atoms with Gasteiger partial charge in [0.15, 0.2) is 0 Å². The molecule has 106 valence electrons. The molecule has 2 aliphatic rings. The minimum Gasteiger partial charge on any atom is -0.202 e. The lowest BCUT2D eigenvalue weighted by atomic mass is 9.80. The van der Waals surface area contributed by atoms with Crippen molar-refractivity contribution in [2.24, 2.45) is 11.8 Å². The second-order valence-corrected chi connectivity index (χ2v) is 7.82. The largest absolute Gasteiger partial charge is 0.279 e. The van der Waals surface area contributed by atoms with Gasteiger partial charge in [-0.15, -0.1) is 0 Å². The summed E-state index contributed by atoms with van der Waals surface area (Å²) in [5.74, 6) is 1.12. The maximum Gasteiger partial charge on any atom is 0.279 e. The highest BCUT2D eigenvalue weighted by atomic mass is 79.9. The Bertz CT molecular complexity index is 355. The van der Waals surface area contributed by atoms with Crippen LogP contribution in [0.4, 0.5) is 0 Å². The molecule has 4 nitrogen and oxygen atoms in total. The lowest BCUT2D eigenvalue weighted by molar-refractivity contribution is 0.262. The summed E-state index contributed by atoms with van der Waals surface area (Å²) in [5, 5.41) is 0.989. The first kappa shape index (κ1) is 14.8. The lowest BCUT2D eigenvalue weighted by Crippen LogP contribution is -2.42. The molecule has 0 aromatic heterocycles. The van der Waals surface area contributed by atoms with Gasteiger partial charge in [0.25, 0.3) is 10.2 Å². The van der Waals surface area contributed by atoms with Gasteiger partial charge in [-0.1, -0.05) is 28.8 Å². The van der Waals surface area contributed by atoms with E-state index in [1.807, 2.05) is 0 Å². The Hall–Kier alpha value is 0.350. The van der Waals surface area contributed by atoms with Crippen molar-refractivity contribution in [3.63, 3.8) is 0 Å². The van der Waals surface area contributed by atoms with E-state index in [9.17, 15) is 8.42 Å². The standard InChI is InChI=1S/C12H23BrN2O2S/c13-9-11-5-1-2-6-12(11)10-14-18(16,17)15-7-3-4-8-15/h11-12,14H,1-10H2. The average Bonchev–Trinajstić information content (AvgIpc) is 2.91. The van der Waals surface area contributed by atoms with Gasteiger partial charge in [-0.2, -0.15) is 12.7 Å². The topological polar surface area (TPSA) is 49.4 Å². The molecule has 0 aromatic carbocycles. The van der Waals surface area contributed by atoms with Gasteiger partial charge in [0, 0.05) is 25.0 Å². The van der Waals surface area contributed by atoms with E-state index < -0.39 is 10.2 Å². The van der Waals surface area contributed by atoms with Crippen LogP contribution in [0.3, 0.4) is 0 Å². The maximum absolute atomic E-state index is 12.1. The number of hydrogen-bond acceptors (Lipinski definition) is 2. The second kappa shape index (κ2) is 6.68. The molecule has 0 amide bonds. The van der Waals surface area contributed by atoms with Crippen molar-refractivity contribution < 1.29 is 8.42 Å². The molecule has 2 unspecified atom stereocenters. The predicted octanol–water partition coefficient (Wildman–Crippen LogP) is 2.12. The first-order valence-corrected chi connectivity index (χ1v) is 9.50. The van der Waals surface area contributed by atoms with E-state index in [0.29, 0.717) is 31.5 Å². The van der Waals surface area contributed by atoms with Crippen LogP contribution >= 0.6 is 15.9 Å². The van der Waals surface area contributed by atoms with Crippen LogP contribution in [-0.4, -0.2) is 37.7 Å². The minimum absolute atomic E-state index is 0.496. The molecule has 1 saturated carbocycles. The number of rotatable bonds is 5. The summed E-state index contributed by atoms with van der Waals surface area (Å²) in [4.78, 5) is 0. The van der Waals surface area contributed by atoms with Crippen molar-refractivity contribution in [1.29, 1.82) is 0 Å². The summed E-state index contributed by atoms with van der Waals surface area (Å²) in [6, 6.07) is 0. The summed E-state index contributed by atoms with van der Waals surface area (Å²) in [5.41, 5.74) is 0. The zero-order chi connectivity index (χ0) is 13.0. The van der Waals surface area contributed by atoms with Crippen LogP contribution in [-0.2, 0) is 10.2 Å². The quantitative estimate of drug-likeness (QED) is 0.780. The third kappa shape index (κ3) is 3.68. The van der Waals surface area contributed by atoms with Gasteiger partial charge in [-0.05, 0) is 37.5 Å². The van der Waals surface area contributed by atoms with E-state index in [0.717, 1.165) is 24.6 Å². The molecule has 1 aliphatic heterocycles. The fourth-order valence-electron chi connectivity index (χ4n) is 2.99. The molecular formula is C12H23BrN2O2S. The normalized spacial score (nSPS) is 30.7. The van der Waals surface area contributed by atoms with Crippen LogP contribution in [0.1, 0.15) is 38.5 Å². The van der Waals surface area contributed by atoms with Crippen molar-refractivity contribution in [2.45, 2.75) is 38.5 Å². The van der Waals surface area contributed by atoms with Gasteiger partial charge in [-0.3, -0.25) is 0 Å². The first-order chi connectivity index (χ1) is 8.63. The zero-order valence-corrected chi connectivity index (χ0v) is 13.2. The van der Waals surface area contributed by atoms with Gasteiger partial charge in [-0.25, -0.2) is 4.72 Å². The van der Waals surface area contributed by atoms with Crippen LogP contribution < -0.4 is 4.72 Å². The SMILES string of the molecule is O=S(=O)(NCC1CCCCC1CBr)N1CCCC1. The minimum atomic E-state index is -3.22. The number of halogens is 1. The van der Waals surface area contributed by atoms with Gasteiger partial charge in [0.05, 0.1) is 0 Å². The molecule has 1 aliphatic carbocycles. The van der Waals surface area contributed by atoms with Crippen molar-refractivity contribution in [3.8, 4) is 0 Å². The molecule has 0 radical (unpaired) electrons. The number of nitrogens with one attached hydrogen (secondary N) is 1. The Morgan fingerprint density at radius 1 is 1.06 bits per heavy atom. The Kier molecular flexibility index (Phi) is 5.47. The van der Waals surface area contributed by atoms with Crippen molar-refractivity contribution in [3.05, 3.63) is 0 Å². The second-order valence-electron chi connectivity index (χ2n) is 5.42. The third-order valence-corrected chi connectivity index (χ3v) is 6.61. The molecule has 2 fully saturated rings. The highest BCUT2D eigenvalue weighted by molar-refractivity contribution is 9.09. The van der Waals surface area contributed by atoms with E-state index in [-0.39, 0.29) is 0 Å². The van der Waals surface area contributed by atoms with E-state index in [1.165, 1.54) is 19.3 Å². The average molecular weight is 339 g/mol. The summed E-state index contributed by atoms with van der Waals surface area (Å²) in [6.45, 7) is 1.97. The molecule has 1 saturated heterocycles. The van der Waals surface area contributed by atoms with Crippen LogP contribution in [0.5, 0.6) is 0 Å². The van der Waals surface area contributed by atoms with Crippen LogP contribution in [0.25, 0.3) is 0 Å². The summed E-state index contributed by atoms with van der Waals surface area (Å²) in [7, 11) is -3.22. The fourth-order valence-corrected chi connectivity index (χ4v) is 5.19. The Morgan fingerprint density at radius 2 is 1.67 bits per heavy atom. The molecule has 1 N–H and O–H groups in total. The van der Waals surface area contributed by atoms with E-state index in [1.54, 1.807) is 4.31 Å². The van der Waals surface area contributed by atoms with Crippen molar-refractivity contribution >= 4 is 26.1 Å². The van der Waals surface area contributed by atoms with Gasteiger partial charge in [0.1, 0.15) is 0 Å². The van der Waals surface area contributed by atoms with E-state index in [4.69, 9.17) is 0 Å². The summed E-state index contributed by atoms with van der Waals surface area (Å²) in [6.07, 6.45) is 6.88. The molecule has 0 bridgehead atoms. The molecule has 1 heterocycles. The molecule has 2 atom stereocenters. The Labute approximate surface area is 119 Å². The predicted molar refractivity (Wildman–Crippen MR) is 77.0 cm³/mol. The van der Waals surface area contributed by atoms with E-state index in [2.05, 4.69) is 20.7 Å². The third-order valence-electron chi connectivity index (χ3n) is 4.20. The van der Waals surface area contributed by atoms with Crippen molar-refractivity contribution in [1.82, 2.24) is 9.03 Å². The highest BCUT2D eigenvalue weighted by Gasteiger charge is 2.29. The van der Waals surface area contributed by atoms with Gasteiger partial charge in [0.2, 0.25) is 0 Å². The zero-order valence-electron chi connectivity index (χ0n) is 10.8. The lowest BCUT2D eigenvalue weighted by Gasteiger charge is -2.30. The van der Waals surface area contributed by atoms with Crippen molar-refractivity contribution in [2.75, 3.05) is 25.0 Å². The van der Waals surface area contributed by atoms with Crippen LogP contribution in [0, 0.1) is 11.8 Å².